The number of hydrogen-bond donors (Lipinski definition) is 1. The average Bonchev–Trinajstić information content (AvgIpc) is 3.26. The van der Waals surface area contributed by atoms with Gasteiger partial charge in [-0.1, -0.05) is 36.4 Å². The molecule has 7 nitrogen and oxygen atoms in total. The van der Waals surface area contributed by atoms with Crippen LogP contribution in [0.25, 0.3) is 33.3 Å². The van der Waals surface area contributed by atoms with E-state index in [0.29, 0.717) is 17.8 Å². The van der Waals surface area contributed by atoms with E-state index < -0.39 is 0 Å². The number of allylic oxidation sites excluding steroid dienone is 4. The van der Waals surface area contributed by atoms with Gasteiger partial charge in [-0.3, -0.25) is 9.30 Å². The molecule has 4 heterocycles. The van der Waals surface area contributed by atoms with Crippen molar-refractivity contribution in [3.8, 4) is 11.3 Å². The molecule has 7 heteroatoms. The molecule has 0 unspecified atom stereocenters. The lowest BCUT2D eigenvalue weighted by atomic mass is 9.78. The first-order valence-electron chi connectivity index (χ1n) is 13.7. The summed E-state index contributed by atoms with van der Waals surface area (Å²) in [4.78, 5) is 17.2. The van der Waals surface area contributed by atoms with Crippen LogP contribution in [-0.4, -0.2) is 55.6 Å². The summed E-state index contributed by atoms with van der Waals surface area (Å²) in [7, 11) is 0. The maximum absolute atomic E-state index is 6.45. The minimum absolute atomic E-state index is 0.284. The third-order valence-corrected chi connectivity index (χ3v) is 7.97. The van der Waals surface area contributed by atoms with Gasteiger partial charge in [0, 0.05) is 48.4 Å². The van der Waals surface area contributed by atoms with Crippen LogP contribution in [-0.2, 0) is 4.74 Å². The summed E-state index contributed by atoms with van der Waals surface area (Å²) in [6, 6.07) is 11.1. The number of morpholine rings is 1. The molecule has 1 aliphatic heterocycles. The molecule has 6 rings (SSSR count). The van der Waals surface area contributed by atoms with Gasteiger partial charge in [-0.25, -0.2) is 15.0 Å². The fourth-order valence-electron chi connectivity index (χ4n) is 6.12. The average molecular weight is 509 g/mol. The van der Waals surface area contributed by atoms with Gasteiger partial charge in [-0.15, -0.1) is 0 Å². The molecule has 1 saturated carbocycles. The van der Waals surface area contributed by atoms with Crippen molar-refractivity contribution in [2.75, 3.05) is 18.8 Å². The van der Waals surface area contributed by atoms with Crippen molar-refractivity contribution in [1.82, 2.24) is 24.3 Å². The Labute approximate surface area is 224 Å². The largest absolute Gasteiger partial charge is 0.382 e. The number of rotatable bonds is 5. The Kier molecular flexibility index (Phi) is 6.50. The predicted octanol–water partition coefficient (Wildman–Crippen LogP) is 5.86. The number of ether oxygens (including phenoxy) is 1. The molecule has 2 fully saturated rings. The van der Waals surface area contributed by atoms with E-state index in [1.54, 1.807) is 6.20 Å². The monoisotopic (exact) mass is 508 g/mol. The topological polar surface area (TPSA) is 81.6 Å². The number of hydrogen-bond acceptors (Lipinski definition) is 6. The number of nitrogens with two attached hydrogens (primary N) is 1. The normalized spacial score (nSPS) is 24.9. The van der Waals surface area contributed by atoms with Gasteiger partial charge in [0.2, 0.25) is 0 Å². The summed E-state index contributed by atoms with van der Waals surface area (Å²) in [5, 5.41) is 1.10. The van der Waals surface area contributed by atoms with Gasteiger partial charge >= 0.3 is 0 Å². The maximum Gasteiger partial charge on any atom is 0.150 e. The number of imidazole rings is 1. The van der Waals surface area contributed by atoms with E-state index in [2.05, 4.69) is 70.6 Å². The second-order valence-corrected chi connectivity index (χ2v) is 10.7. The summed E-state index contributed by atoms with van der Waals surface area (Å²) >= 11 is 0. The molecule has 4 aromatic rings. The molecule has 1 aromatic carbocycles. The van der Waals surface area contributed by atoms with Gasteiger partial charge in [0.05, 0.1) is 23.4 Å². The van der Waals surface area contributed by atoms with Gasteiger partial charge < -0.3 is 10.5 Å². The Balaban J connectivity index is 1.35. The number of aromatic nitrogens is 4. The van der Waals surface area contributed by atoms with E-state index in [1.165, 1.54) is 0 Å². The first-order chi connectivity index (χ1) is 18.4. The van der Waals surface area contributed by atoms with Gasteiger partial charge in [0.1, 0.15) is 22.9 Å². The first-order valence-corrected chi connectivity index (χ1v) is 13.7. The number of fused-ring (bicyclic) bond motifs is 2. The van der Waals surface area contributed by atoms with Crippen LogP contribution in [0.5, 0.6) is 0 Å². The zero-order valence-electron chi connectivity index (χ0n) is 22.6. The van der Waals surface area contributed by atoms with Crippen molar-refractivity contribution < 1.29 is 4.74 Å². The highest BCUT2D eigenvalue weighted by Crippen LogP contribution is 2.42. The molecule has 0 amide bonds. The van der Waals surface area contributed by atoms with Crippen molar-refractivity contribution in [2.24, 2.45) is 0 Å². The Morgan fingerprint density at radius 2 is 1.82 bits per heavy atom. The van der Waals surface area contributed by atoms with E-state index in [0.717, 1.165) is 70.7 Å². The lowest BCUT2D eigenvalue weighted by Crippen LogP contribution is -2.53. The minimum atomic E-state index is 0.284. The molecule has 38 heavy (non-hydrogen) atoms. The van der Waals surface area contributed by atoms with Crippen molar-refractivity contribution in [3.63, 3.8) is 0 Å². The molecule has 2 aliphatic rings. The van der Waals surface area contributed by atoms with E-state index in [1.807, 2.05) is 26.1 Å². The molecular weight excluding hydrogens is 472 g/mol. The van der Waals surface area contributed by atoms with E-state index in [-0.39, 0.29) is 12.2 Å². The molecule has 196 valence electrons. The van der Waals surface area contributed by atoms with Gasteiger partial charge in [-0.2, -0.15) is 0 Å². The van der Waals surface area contributed by atoms with Crippen LogP contribution < -0.4 is 5.73 Å². The highest BCUT2D eigenvalue weighted by Gasteiger charge is 2.39. The van der Waals surface area contributed by atoms with Crippen LogP contribution in [0.15, 0.2) is 61.0 Å². The standard InChI is InChI=1S/C31H36N6O/c1-5-7-21(6-2)26-11-10-22-8-9-23(16-27(22)34-26)28-29-30(32)33-12-13-37(29)31(35-28)24-14-25(15-24)36-17-19(3)38-20(4)18-36/h5-13,16,19-20,24-25H,14-15,17-18H2,1-4H3,(H2,32,33)/b7-5-,21-6+/t19-,20+,24?,25?. The highest BCUT2D eigenvalue weighted by atomic mass is 16.5. The fourth-order valence-corrected chi connectivity index (χ4v) is 6.12. The Morgan fingerprint density at radius 3 is 2.55 bits per heavy atom. The maximum atomic E-state index is 6.45. The SMILES string of the molecule is C/C=C\C(=C/C)c1ccc2ccc(-c3nc(C4CC(N5C[C@@H](C)O[C@@H](C)C5)C4)n4ccnc(N)c34)cc2n1. The molecule has 3 aromatic heterocycles. The number of nitrogen functional groups attached to an aromatic ring is 1. The molecule has 0 bridgehead atoms. The van der Waals surface area contributed by atoms with Gasteiger partial charge in [0.15, 0.2) is 0 Å². The zero-order valence-corrected chi connectivity index (χ0v) is 22.6. The molecule has 1 aliphatic carbocycles. The number of anilines is 1. The zero-order chi connectivity index (χ0) is 26.4. The Morgan fingerprint density at radius 1 is 1.05 bits per heavy atom. The lowest BCUT2D eigenvalue weighted by Gasteiger charge is -2.46. The van der Waals surface area contributed by atoms with E-state index in [9.17, 15) is 0 Å². The van der Waals surface area contributed by atoms with E-state index in [4.69, 9.17) is 20.4 Å². The van der Waals surface area contributed by atoms with Crippen LogP contribution in [0.3, 0.4) is 0 Å². The van der Waals surface area contributed by atoms with E-state index >= 15 is 0 Å². The third kappa shape index (κ3) is 4.40. The fraction of sp³-hybridized carbons (Fsp3) is 0.387. The lowest BCUT2D eigenvalue weighted by molar-refractivity contribution is -0.0920. The second-order valence-electron chi connectivity index (χ2n) is 10.7. The van der Waals surface area contributed by atoms with Gasteiger partial charge in [0.25, 0.3) is 0 Å². The van der Waals surface area contributed by atoms with Crippen LogP contribution in [0, 0.1) is 0 Å². The molecule has 0 spiro atoms. The van der Waals surface area contributed by atoms with Crippen molar-refractivity contribution in [1.29, 1.82) is 0 Å². The predicted molar refractivity (Wildman–Crippen MR) is 154 cm³/mol. The second kappa shape index (κ2) is 9.97. The molecule has 2 N–H and O–H groups in total. The third-order valence-electron chi connectivity index (χ3n) is 7.97. The molecule has 1 saturated heterocycles. The van der Waals surface area contributed by atoms with Crippen LogP contribution >= 0.6 is 0 Å². The highest BCUT2D eigenvalue weighted by molar-refractivity contribution is 5.91. The summed E-state index contributed by atoms with van der Waals surface area (Å²) in [5.41, 5.74) is 12.2. The summed E-state index contributed by atoms with van der Waals surface area (Å²) in [6.07, 6.45) is 12.7. The van der Waals surface area contributed by atoms with Crippen LogP contribution in [0.4, 0.5) is 5.82 Å². The Hall–Kier alpha value is -3.55. The smallest absolute Gasteiger partial charge is 0.150 e. The van der Waals surface area contributed by atoms with Crippen molar-refractivity contribution >= 4 is 27.8 Å². The van der Waals surface area contributed by atoms with Crippen LogP contribution in [0.1, 0.15) is 58.0 Å². The molecule has 0 radical (unpaired) electrons. The number of nitrogens with zero attached hydrogens (tertiary/aromatic N) is 5. The number of benzene rings is 1. The first kappa shape index (κ1) is 24.8. The van der Waals surface area contributed by atoms with Gasteiger partial charge in [-0.05, 0) is 58.2 Å². The molecular formula is C31H36N6O. The van der Waals surface area contributed by atoms with Crippen molar-refractivity contribution in [3.05, 3.63) is 72.5 Å². The summed E-state index contributed by atoms with van der Waals surface area (Å²) in [6.45, 7) is 10.4. The molecule has 2 atom stereocenters. The minimum Gasteiger partial charge on any atom is -0.382 e. The summed E-state index contributed by atoms with van der Waals surface area (Å²) in [5.74, 6) is 1.96. The summed E-state index contributed by atoms with van der Waals surface area (Å²) < 4.78 is 8.10. The Bertz CT molecular complexity index is 1540. The van der Waals surface area contributed by atoms with Crippen LogP contribution in [0.2, 0.25) is 0 Å². The number of pyridine rings is 1. The van der Waals surface area contributed by atoms with Crippen molar-refractivity contribution in [2.45, 2.75) is 64.7 Å². The quantitative estimate of drug-likeness (QED) is 0.340.